The topological polar surface area (TPSA) is 35.2 Å². The van der Waals surface area contributed by atoms with Crippen LogP contribution in [-0.2, 0) is 4.74 Å². The molecule has 0 aromatic rings. The second-order valence-electron chi connectivity index (χ2n) is 3.27. The third-order valence-corrected chi connectivity index (χ3v) is 2.38. The standard InChI is InChI=1S/C8H17NO/c1-6(7(2)9)8-4-3-5-10-8/h6-8H,3-5,9H2,1-2H3. The van der Waals surface area contributed by atoms with Gasteiger partial charge >= 0.3 is 0 Å². The summed E-state index contributed by atoms with van der Waals surface area (Å²) in [6.45, 7) is 5.15. The fraction of sp³-hybridized carbons (Fsp3) is 1.00. The van der Waals surface area contributed by atoms with Crippen LogP contribution in [-0.4, -0.2) is 18.8 Å². The minimum absolute atomic E-state index is 0.267. The molecule has 2 heteroatoms. The van der Waals surface area contributed by atoms with E-state index in [0.29, 0.717) is 12.0 Å². The van der Waals surface area contributed by atoms with Crippen LogP contribution in [0.1, 0.15) is 26.7 Å². The van der Waals surface area contributed by atoms with Gasteiger partial charge in [0.2, 0.25) is 0 Å². The Morgan fingerprint density at radius 3 is 2.60 bits per heavy atom. The van der Waals surface area contributed by atoms with E-state index in [1.807, 2.05) is 6.92 Å². The quantitative estimate of drug-likeness (QED) is 0.629. The fourth-order valence-electron chi connectivity index (χ4n) is 1.36. The lowest BCUT2D eigenvalue weighted by atomic mass is 9.96. The summed E-state index contributed by atoms with van der Waals surface area (Å²) in [5, 5.41) is 0. The van der Waals surface area contributed by atoms with Gasteiger partial charge in [-0.2, -0.15) is 0 Å². The van der Waals surface area contributed by atoms with Crippen molar-refractivity contribution in [3.63, 3.8) is 0 Å². The van der Waals surface area contributed by atoms with Gasteiger partial charge in [-0.15, -0.1) is 0 Å². The van der Waals surface area contributed by atoms with Crippen LogP contribution in [0.2, 0.25) is 0 Å². The molecule has 1 heterocycles. The smallest absolute Gasteiger partial charge is 0.0616 e. The zero-order chi connectivity index (χ0) is 7.56. The summed E-state index contributed by atoms with van der Waals surface area (Å²) in [5.74, 6) is 0.516. The second-order valence-corrected chi connectivity index (χ2v) is 3.27. The summed E-state index contributed by atoms with van der Waals surface area (Å²) in [5.41, 5.74) is 5.74. The monoisotopic (exact) mass is 143 g/mol. The minimum atomic E-state index is 0.267. The fourth-order valence-corrected chi connectivity index (χ4v) is 1.36. The van der Waals surface area contributed by atoms with E-state index in [9.17, 15) is 0 Å². The van der Waals surface area contributed by atoms with Crippen molar-refractivity contribution in [1.82, 2.24) is 0 Å². The van der Waals surface area contributed by atoms with E-state index < -0.39 is 0 Å². The van der Waals surface area contributed by atoms with E-state index in [1.165, 1.54) is 12.8 Å². The van der Waals surface area contributed by atoms with Crippen LogP contribution in [0.3, 0.4) is 0 Å². The molecule has 3 unspecified atom stereocenters. The Labute approximate surface area is 62.7 Å². The van der Waals surface area contributed by atoms with Crippen LogP contribution in [0.25, 0.3) is 0 Å². The van der Waals surface area contributed by atoms with Crippen LogP contribution < -0.4 is 5.73 Å². The first-order valence-corrected chi connectivity index (χ1v) is 4.09. The van der Waals surface area contributed by atoms with Gasteiger partial charge in [0.25, 0.3) is 0 Å². The molecule has 1 fully saturated rings. The van der Waals surface area contributed by atoms with Crippen molar-refractivity contribution >= 4 is 0 Å². The van der Waals surface area contributed by atoms with Crippen LogP contribution in [0, 0.1) is 5.92 Å². The molecule has 0 spiro atoms. The molecule has 0 bridgehead atoms. The molecule has 0 aliphatic carbocycles. The van der Waals surface area contributed by atoms with Gasteiger partial charge in [0.1, 0.15) is 0 Å². The molecule has 0 radical (unpaired) electrons. The number of nitrogens with two attached hydrogens (primary N) is 1. The minimum Gasteiger partial charge on any atom is -0.378 e. The predicted octanol–water partition coefficient (Wildman–Crippen LogP) is 1.15. The van der Waals surface area contributed by atoms with Crippen molar-refractivity contribution in [3.05, 3.63) is 0 Å². The highest BCUT2D eigenvalue weighted by molar-refractivity contribution is 4.76. The molecule has 1 saturated heterocycles. The molecule has 1 rings (SSSR count). The van der Waals surface area contributed by atoms with Gasteiger partial charge in [-0.3, -0.25) is 0 Å². The molecule has 0 saturated carbocycles. The zero-order valence-electron chi connectivity index (χ0n) is 6.84. The molecule has 0 amide bonds. The first-order valence-electron chi connectivity index (χ1n) is 4.09. The highest BCUT2D eigenvalue weighted by Crippen LogP contribution is 2.21. The normalized spacial score (nSPS) is 32.1. The first-order chi connectivity index (χ1) is 4.72. The Bertz CT molecular complexity index is 97.4. The van der Waals surface area contributed by atoms with Gasteiger partial charge in [-0.1, -0.05) is 6.92 Å². The van der Waals surface area contributed by atoms with Crippen molar-refractivity contribution in [3.8, 4) is 0 Å². The second kappa shape index (κ2) is 3.35. The van der Waals surface area contributed by atoms with Gasteiger partial charge in [-0.05, 0) is 25.7 Å². The van der Waals surface area contributed by atoms with Crippen molar-refractivity contribution in [1.29, 1.82) is 0 Å². The summed E-state index contributed by atoms with van der Waals surface area (Å²) in [4.78, 5) is 0. The third kappa shape index (κ3) is 1.70. The lowest BCUT2D eigenvalue weighted by Crippen LogP contribution is -2.33. The highest BCUT2D eigenvalue weighted by atomic mass is 16.5. The number of ether oxygens (including phenoxy) is 1. The maximum absolute atomic E-state index is 5.74. The highest BCUT2D eigenvalue weighted by Gasteiger charge is 2.24. The Balaban J connectivity index is 2.32. The Morgan fingerprint density at radius 2 is 2.20 bits per heavy atom. The summed E-state index contributed by atoms with van der Waals surface area (Å²) in [7, 11) is 0. The van der Waals surface area contributed by atoms with Gasteiger partial charge in [0, 0.05) is 12.6 Å². The third-order valence-electron chi connectivity index (χ3n) is 2.38. The van der Waals surface area contributed by atoms with Gasteiger partial charge in [0.05, 0.1) is 6.10 Å². The van der Waals surface area contributed by atoms with E-state index in [0.717, 1.165) is 6.61 Å². The maximum Gasteiger partial charge on any atom is 0.0616 e. The number of rotatable bonds is 2. The average Bonchev–Trinajstić information content (AvgIpc) is 2.36. The molecule has 1 aliphatic rings. The van der Waals surface area contributed by atoms with Gasteiger partial charge < -0.3 is 10.5 Å². The van der Waals surface area contributed by atoms with Crippen LogP contribution in [0.5, 0.6) is 0 Å². The molecule has 0 aromatic carbocycles. The molecule has 10 heavy (non-hydrogen) atoms. The summed E-state index contributed by atoms with van der Waals surface area (Å²) >= 11 is 0. The van der Waals surface area contributed by atoms with Crippen LogP contribution >= 0.6 is 0 Å². The van der Waals surface area contributed by atoms with E-state index in [2.05, 4.69) is 6.92 Å². The molecular formula is C8H17NO. The van der Waals surface area contributed by atoms with Crippen molar-refractivity contribution in [2.45, 2.75) is 38.8 Å². The van der Waals surface area contributed by atoms with Crippen LogP contribution in [0.4, 0.5) is 0 Å². The van der Waals surface area contributed by atoms with Gasteiger partial charge in [0.15, 0.2) is 0 Å². The molecule has 60 valence electrons. The molecular weight excluding hydrogens is 126 g/mol. The van der Waals surface area contributed by atoms with E-state index in [-0.39, 0.29) is 6.04 Å². The van der Waals surface area contributed by atoms with Crippen LogP contribution in [0.15, 0.2) is 0 Å². The average molecular weight is 143 g/mol. The number of hydrogen-bond acceptors (Lipinski definition) is 2. The van der Waals surface area contributed by atoms with Crippen molar-refractivity contribution in [2.24, 2.45) is 11.7 Å². The largest absolute Gasteiger partial charge is 0.378 e. The SMILES string of the molecule is CC(N)C(C)C1CCCO1. The lowest BCUT2D eigenvalue weighted by Gasteiger charge is -2.21. The zero-order valence-corrected chi connectivity index (χ0v) is 6.84. The molecule has 2 N–H and O–H groups in total. The van der Waals surface area contributed by atoms with Crippen molar-refractivity contribution < 1.29 is 4.74 Å². The maximum atomic E-state index is 5.74. The first kappa shape index (κ1) is 8.02. The Hall–Kier alpha value is -0.0800. The van der Waals surface area contributed by atoms with Crippen molar-refractivity contribution in [2.75, 3.05) is 6.61 Å². The molecule has 2 nitrogen and oxygen atoms in total. The Morgan fingerprint density at radius 1 is 1.50 bits per heavy atom. The summed E-state index contributed by atoms with van der Waals surface area (Å²) in [6, 6.07) is 0.267. The number of hydrogen-bond donors (Lipinski definition) is 1. The van der Waals surface area contributed by atoms with E-state index >= 15 is 0 Å². The summed E-state index contributed by atoms with van der Waals surface area (Å²) < 4.78 is 5.50. The predicted molar refractivity (Wildman–Crippen MR) is 41.8 cm³/mol. The van der Waals surface area contributed by atoms with Gasteiger partial charge in [-0.25, -0.2) is 0 Å². The lowest BCUT2D eigenvalue weighted by molar-refractivity contribution is 0.0620. The van der Waals surface area contributed by atoms with E-state index in [4.69, 9.17) is 10.5 Å². The van der Waals surface area contributed by atoms with E-state index in [1.54, 1.807) is 0 Å². The Kier molecular flexibility index (Phi) is 2.69. The molecule has 0 aromatic heterocycles. The summed E-state index contributed by atoms with van der Waals surface area (Å²) in [6.07, 6.45) is 2.84. The molecule has 1 aliphatic heterocycles. The molecule has 3 atom stereocenters.